The van der Waals surface area contributed by atoms with Gasteiger partial charge < -0.3 is 10.7 Å². The number of rotatable bonds is 5. The number of anilines is 1. The second-order valence-corrected chi connectivity index (χ2v) is 9.91. The van der Waals surface area contributed by atoms with Crippen LogP contribution in [0.1, 0.15) is 58.7 Å². The van der Waals surface area contributed by atoms with E-state index in [2.05, 4.69) is 45.9 Å². The second-order valence-electron chi connectivity index (χ2n) is 8.83. The first-order valence-electron chi connectivity index (χ1n) is 10.0. The van der Waals surface area contributed by atoms with Crippen LogP contribution in [-0.2, 0) is 13.0 Å². The van der Waals surface area contributed by atoms with Crippen molar-refractivity contribution in [3.63, 3.8) is 0 Å². The highest BCUT2D eigenvalue weighted by Crippen LogP contribution is 2.30. The minimum Gasteiger partial charge on any atom is -0.363 e. The quantitative estimate of drug-likeness (QED) is 0.579. The molecule has 0 atom stereocenters. The van der Waals surface area contributed by atoms with Gasteiger partial charge in [0.05, 0.1) is 16.8 Å². The van der Waals surface area contributed by atoms with Crippen LogP contribution >= 0.6 is 11.3 Å². The molecule has 0 radical (unpaired) electrons. The van der Waals surface area contributed by atoms with E-state index in [4.69, 9.17) is 5.73 Å². The maximum Gasteiger partial charge on any atom is 0.284 e. The number of amides is 2. The SMILES string of the molecule is CC(C)(C)CCN1CCc2nc(NC(=O)c3cccc4[nH]c(C(N)=O)nc34)sc2C1. The molecular formula is C21H26N6O2S. The lowest BCUT2D eigenvalue weighted by Gasteiger charge is -2.29. The van der Waals surface area contributed by atoms with E-state index < -0.39 is 5.91 Å². The van der Waals surface area contributed by atoms with Gasteiger partial charge in [0.25, 0.3) is 11.8 Å². The van der Waals surface area contributed by atoms with Crippen LogP contribution in [0.4, 0.5) is 5.13 Å². The van der Waals surface area contributed by atoms with Crippen molar-refractivity contribution in [3.05, 3.63) is 40.2 Å². The number of aromatic nitrogens is 3. The van der Waals surface area contributed by atoms with Gasteiger partial charge in [-0.3, -0.25) is 19.8 Å². The molecule has 1 aromatic carbocycles. The lowest BCUT2D eigenvalue weighted by molar-refractivity contribution is 0.0989. The summed E-state index contributed by atoms with van der Waals surface area (Å²) in [6, 6.07) is 5.16. The number of para-hydroxylation sites is 1. The Morgan fingerprint density at radius 2 is 2.10 bits per heavy atom. The van der Waals surface area contributed by atoms with E-state index in [0.717, 1.165) is 38.2 Å². The molecule has 1 aliphatic heterocycles. The summed E-state index contributed by atoms with van der Waals surface area (Å²) in [5, 5.41) is 3.49. The van der Waals surface area contributed by atoms with Gasteiger partial charge in [-0.25, -0.2) is 9.97 Å². The van der Waals surface area contributed by atoms with E-state index in [9.17, 15) is 9.59 Å². The molecule has 2 aromatic heterocycles. The number of benzene rings is 1. The van der Waals surface area contributed by atoms with Crippen molar-refractivity contribution in [2.24, 2.45) is 11.1 Å². The van der Waals surface area contributed by atoms with Gasteiger partial charge in [-0.1, -0.05) is 26.8 Å². The van der Waals surface area contributed by atoms with Crippen molar-refractivity contribution in [2.45, 2.75) is 40.2 Å². The summed E-state index contributed by atoms with van der Waals surface area (Å²) in [4.78, 5) is 39.6. The fraction of sp³-hybridized carbons (Fsp3) is 0.429. The van der Waals surface area contributed by atoms with Gasteiger partial charge >= 0.3 is 0 Å². The number of nitrogens with one attached hydrogen (secondary N) is 2. The summed E-state index contributed by atoms with van der Waals surface area (Å²) in [6.07, 6.45) is 2.04. The zero-order valence-electron chi connectivity index (χ0n) is 17.4. The lowest BCUT2D eigenvalue weighted by atomic mass is 9.92. The Kier molecular flexibility index (Phi) is 5.33. The zero-order valence-corrected chi connectivity index (χ0v) is 18.2. The van der Waals surface area contributed by atoms with E-state index in [1.54, 1.807) is 18.2 Å². The molecule has 2 amide bonds. The Morgan fingerprint density at radius 3 is 2.83 bits per heavy atom. The lowest BCUT2D eigenvalue weighted by Crippen LogP contribution is -2.32. The largest absolute Gasteiger partial charge is 0.363 e. The van der Waals surface area contributed by atoms with Crippen molar-refractivity contribution in [1.82, 2.24) is 19.9 Å². The minimum absolute atomic E-state index is 0.0327. The van der Waals surface area contributed by atoms with Crippen LogP contribution < -0.4 is 11.1 Å². The van der Waals surface area contributed by atoms with E-state index in [1.165, 1.54) is 16.2 Å². The molecular weight excluding hydrogens is 400 g/mol. The van der Waals surface area contributed by atoms with Gasteiger partial charge in [0.15, 0.2) is 11.0 Å². The number of thiazole rings is 1. The Labute approximate surface area is 178 Å². The average Bonchev–Trinajstić information content (AvgIpc) is 3.28. The molecule has 0 fully saturated rings. The molecule has 30 heavy (non-hydrogen) atoms. The Balaban J connectivity index is 1.49. The molecule has 3 aromatic rings. The highest BCUT2D eigenvalue weighted by atomic mass is 32.1. The molecule has 3 heterocycles. The van der Waals surface area contributed by atoms with E-state index in [0.29, 0.717) is 27.1 Å². The van der Waals surface area contributed by atoms with Crippen molar-refractivity contribution < 1.29 is 9.59 Å². The number of carbonyl (C=O) groups is 2. The maximum absolute atomic E-state index is 12.9. The average molecular weight is 427 g/mol. The summed E-state index contributed by atoms with van der Waals surface area (Å²) in [6.45, 7) is 9.70. The third kappa shape index (κ3) is 4.36. The molecule has 0 spiro atoms. The van der Waals surface area contributed by atoms with Crippen LogP contribution in [0.2, 0.25) is 0 Å². The smallest absolute Gasteiger partial charge is 0.284 e. The second kappa shape index (κ2) is 7.81. The first-order valence-corrected chi connectivity index (χ1v) is 10.8. The first kappa shape index (κ1) is 20.5. The highest BCUT2D eigenvalue weighted by Gasteiger charge is 2.23. The number of aromatic amines is 1. The number of nitrogens with two attached hydrogens (primary N) is 1. The predicted octanol–water partition coefficient (Wildman–Crippen LogP) is 3.16. The molecule has 9 heteroatoms. The summed E-state index contributed by atoms with van der Waals surface area (Å²) in [5.74, 6) is -0.940. The molecule has 0 aliphatic carbocycles. The molecule has 0 unspecified atom stereocenters. The molecule has 8 nitrogen and oxygen atoms in total. The Hall–Kier alpha value is -2.78. The monoisotopic (exact) mass is 426 g/mol. The normalized spacial score (nSPS) is 14.6. The number of hydrogen-bond acceptors (Lipinski definition) is 6. The molecule has 4 rings (SSSR count). The van der Waals surface area contributed by atoms with Crippen LogP contribution in [0.5, 0.6) is 0 Å². The van der Waals surface area contributed by atoms with Crippen LogP contribution in [0.25, 0.3) is 11.0 Å². The van der Waals surface area contributed by atoms with Crippen LogP contribution in [-0.4, -0.2) is 44.8 Å². The minimum atomic E-state index is -0.666. The molecule has 1 aliphatic rings. The molecule has 158 valence electrons. The van der Waals surface area contributed by atoms with Gasteiger partial charge in [0, 0.05) is 24.4 Å². The Bertz CT molecular complexity index is 1110. The van der Waals surface area contributed by atoms with E-state index in [-0.39, 0.29) is 11.7 Å². The van der Waals surface area contributed by atoms with E-state index >= 15 is 0 Å². The predicted molar refractivity (Wildman–Crippen MR) is 118 cm³/mol. The van der Waals surface area contributed by atoms with Crippen molar-refractivity contribution in [3.8, 4) is 0 Å². The maximum atomic E-state index is 12.9. The zero-order chi connectivity index (χ0) is 21.5. The third-order valence-corrected chi connectivity index (χ3v) is 6.20. The van der Waals surface area contributed by atoms with Crippen molar-refractivity contribution in [1.29, 1.82) is 0 Å². The number of primary amides is 1. The van der Waals surface area contributed by atoms with Gasteiger partial charge in [0.1, 0.15) is 5.52 Å². The van der Waals surface area contributed by atoms with Crippen molar-refractivity contribution >= 4 is 39.3 Å². The summed E-state index contributed by atoms with van der Waals surface area (Å²) >= 11 is 1.52. The summed E-state index contributed by atoms with van der Waals surface area (Å²) in [7, 11) is 0. The van der Waals surface area contributed by atoms with E-state index in [1.807, 2.05) is 0 Å². The van der Waals surface area contributed by atoms with Gasteiger partial charge in [0.2, 0.25) is 0 Å². The number of fused-ring (bicyclic) bond motifs is 2. The topological polar surface area (TPSA) is 117 Å². The molecule has 0 bridgehead atoms. The molecule has 4 N–H and O–H groups in total. The number of H-pyrrole nitrogens is 1. The van der Waals surface area contributed by atoms with Crippen LogP contribution in [0, 0.1) is 5.41 Å². The highest BCUT2D eigenvalue weighted by molar-refractivity contribution is 7.15. The first-order chi connectivity index (χ1) is 14.2. The van der Waals surface area contributed by atoms with Gasteiger partial charge in [-0.05, 0) is 30.5 Å². The fourth-order valence-electron chi connectivity index (χ4n) is 3.48. The number of imidazole rings is 1. The number of carbonyl (C=O) groups excluding carboxylic acids is 2. The van der Waals surface area contributed by atoms with Gasteiger partial charge in [-0.2, -0.15) is 0 Å². The van der Waals surface area contributed by atoms with Crippen LogP contribution in [0.3, 0.4) is 0 Å². The Morgan fingerprint density at radius 1 is 1.30 bits per heavy atom. The number of hydrogen-bond donors (Lipinski definition) is 3. The van der Waals surface area contributed by atoms with Crippen molar-refractivity contribution in [2.75, 3.05) is 18.4 Å². The summed E-state index contributed by atoms with van der Waals surface area (Å²) < 4.78 is 0. The number of nitrogens with zero attached hydrogens (tertiary/aromatic N) is 3. The summed E-state index contributed by atoms with van der Waals surface area (Å²) in [5.41, 5.74) is 8.05. The fourth-order valence-corrected chi connectivity index (χ4v) is 4.53. The standard InChI is InChI=1S/C21H26N6O2S/c1-21(2,3)8-10-27-9-7-13-15(11-27)30-20(24-13)26-19(29)12-5-4-6-14-16(12)25-18(23-14)17(22)28/h4-6H,7-11H2,1-3H3,(H2,22,28)(H,23,25)(H,24,26,29). The molecule has 0 saturated carbocycles. The third-order valence-electron chi connectivity index (χ3n) is 5.20. The molecule has 0 saturated heterocycles. The van der Waals surface area contributed by atoms with Crippen LogP contribution in [0.15, 0.2) is 18.2 Å². The van der Waals surface area contributed by atoms with Gasteiger partial charge in [-0.15, -0.1) is 11.3 Å².